The van der Waals surface area contributed by atoms with Crippen molar-refractivity contribution in [3.8, 4) is 16.9 Å². The van der Waals surface area contributed by atoms with Gasteiger partial charge in [0.2, 0.25) is 0 Å². The quantitative estimate of drug-likeness (QED) is 0.386. The van der Waals surface area contributed by atoms with Gasteiger partial charge in [-0.05, 0) is 28.8 Å². The highest BCUT2D eigenvalue weighted by Crippen LogP contribution is 2.25. The van der Waals surface area contributed by atoms with Crippen LogP contribution in [0.5, 0.6) is 5.75 Å². The van der Waals surface area contributed by atoms with E-state index >= 15 is 0 Å². The van der Waals surface area contributed by atoms with E-state index in [2.05, 4.69) is 20.6 Å². The van der Waals surface area contributed by atoms with E-state index in [4.69, 9.17) is 9.84 Å². The fourth-order valence-electron chi connectivity index (χ4n) is 3.04. The average molecular weight is 450 g/mol. The predicted octanol–water partition coefficient (Wildman–Crippen LogP) is 1.58. The molecule has 0 saturated heterocycles. The number of amides is 2. The lowest BCUT2D eigenvalue weighted by atomic mass is 9.99. The summed E-state index contributed by atoms with van der Waals surface area (Å²) in [6.45, 7) is 0.0472. The Hall–Kier alpha value is -4.47. The van der Waals surface area contributed by atoms with Crippen LogP contribution < -0.4 is 20.9 Å². The first-order valence-electron chi connectivity index (χ1n) is 9.99. The second kappa shape index (κ2) is 10.7. The Balaban J connectivity index is 1.68. The maximum absolute atomic E-state index is 12.5. The minimum atomic E-state index is -1.07. The number of aliphatic carboxylic acids is 1. The molecule has 170 valence electrons. The van der Waals surface area contributed by atoms with Crippen molar-refractivity contribution < 1.29 is 24.2 Å². The summed E-state index contributed by atoms with van der Waals surface area (Å²) in [6, 6.07) is 15.0. The number of ether oxygens (including phenoxy) is 1. The highest BCUT2D eigenvalue weighted by atomic mass is 16.5. The van der Waals surface area contributed by atoms with E-state index < -0.39 is 23.3 Å². The van der Waals surface area contributed by atoms with Gasteiger partial charge in [-0.15, -0.1) is 0 Å². The topological polar surface area (TPSA) is 150 Å². The molecule has 0 saturated carbocycles. The highest BCUT2D eigenvalue weighted by Gasteiger charge is 2.16. The molecule has 1 aromatic heterocycles. The summed E-state index contributed by atoms with van der Waals surface area (Å²) in [5, 5.41) is 13.6. The number of carboxylic acid groups (broad SMARTS) is 1. The van der Waals surface area contributed by atoms with Crippen molar-refractivity contribution in [2.24, 2.45) is 0 Å². The molecule has 0 aliphatic heterocycles. The molecule has 0 aliphatic carbocycles. The van der Waals surface area contributed by atoms with Crippen molar-refractivity contribution in [2.45, 2.75) is 13.0 Å². The number of hydrogen-bond donors (Lipinski definition) is 4. The van der Waals surface area contributed by atoms with Gasteiger partial charge in [-0.3, -0.25) is 19.2 Å². The zero-order chi connectivity index (χ0) is 23.8. The number of carbonyl (C=O) groups is 3. The lowest BCUT2D eigenvalue weighted by molar-refractivity contribution is -0.136. The van der Waals surface area contributed by atoms with Crippen LogP contribution in [-0.2, 0) is 11.3 Å². The van der Waals surface area contributed by atoms with Gasteiger partial charge in [0, 0.05) is 19.3 Å². The molecule has 3 rings (SSSR count). The molecule has 0 atom stereocenters. The Bertz CT molecular complexity index is 1220. The molecule has 4 N–H and O–H groups in total. The summed E-state index contributed by atoms with van der Waals surface area (Å²) in [5.41, 5.74) is 1.67. The summed E-state index contributed by atoms with van der Waals surface area (Å²) in [7, 11) is 1.59. The van der Waals surface area contributed by atoms with E-state index in [1.54, 1.807) is 7.11 Å². The lowest BCUT2D eigenvalue weighted by Crippen LogP contribution is -2.33. The van der Waals surface area contributed by atoms with Crippen LogP contribution in [0.3, 0.4) is 0 Å². The summed E-state index contributed by atoms with van der Waals surface area (Å²) >= 11 is 0. The van der Waals surface area contributed by atoms with E-state index in [0.29, 0.717) is 0 Å². The molecule has 33 heavy (non-hydrogen) atoms. The molecule has 1 heterocycles. The molecule has 0 unspecified atom stereocenters. The fourth-order valence-corrected chi connectivity index (χ4v) is 3.04. The minimum Gasteiger partial charge on any atom is -0.497 e. The van der Waals surface area contributed by atoms with Gasteiger partial charge < -0.3 is 25.5 Å². The Morgan fingerprint density at radius 2 is 1.76 bits per heavy atom. The maximum Gasteiger partial charge on any atom is 0.305 e. The zero-order valence-corrected chi connectivity index (χ0v) is 17.8. The molecular weight excluding hydrogens is 428 g/mol. The number of carbonyl (C=O) groups excluding carboxylic acids is 2. The normalized spacial score (nSPS) is 10.3. The van der Waals surface area contributed by atoms with E-state index in [1.165, 1.54) is 0 Å². The van der Waals surface area contributed by atoms with Gasteiger partial charge >= 0.3 is 5.97 Å². The number of H-pyrrole nitrogens is 1. The van der Waals surface area contributed by atoms with Crippen LogP contribution >= 0.6 is 0 Å². The van der Waals surface area contributed by atoms with E-state index in [9.17, 15) is 19.2 Å². The summed E-state index contributed by atoms with van der Waals surface area (Å²) in [4.78, 5) is 53.3. The number of benzene rings is 2. The number of rotatable bonds is 9. The van der Waals surface area contributed by atoms with Gasteiger partial charge in [0.25, 0.3) is 17.4 Å². The van der Waals surface area contributed by atoms with Gasteiger partial charge in [-0.2, -0.15) is 0 Å². The van der Waals surface area contributed by atoms with E-state index in [-0.39, 0.29) is 30.9 Å². The largest absolute Gasteiger partial charge is 0.497 e. The fraction of sp³-hybridized carbons (Fsp3) is 0.174. The second-order valence-electron chi connectivity index (χ2n) is 6.94. The van der Waals surface area contributed by atoms with E-state index in [1.807, 2.05) is 48.5 Å². The van der Waals surface area contributed by atoms with Crippen molar-refractivity contribution >= 4 is 17.8 Å². The third-order valence-corrected chi connectivity index (χ3v) is 4.74. The number of aromatic amines is 1. The van der Waals surface area contributed by atoms with Crippen LogP contribution in [0.1, 0.15) is 33.0 Å². The minimum absolute atomic E-state index is 0.117. The Labute approximate surface area is 188 Å². The molecular formula is C23H22N4O6. The smallest absolute Gasteiger partial charge is 0.305 e. The zero-order valence-electron chi connectivity index (χ0n) is 17.8. The van der Waals surface area contributed by atoms with Crippen LogP contribution in [0.4, 0.5) is 0 Å². The van der Waals surface area contributed by atoms with Crippen molar-refractivity contribution in [2.75, 3.05) is 13.7 Å². The Morgan fingerprint density at radius 3 is 2.42 bits per heavy atom. The van der Waals surface area contributed by atoms with Gasteiger partial charge in [0.1, 0.15) is 11.3 Å². The summed E-state index contributed by atoms with van der Waals surface area (Å²) < 4.78 is 5.18. The van der Waals surface area contributed by atoms with Gasteiger partial charge in [0.05, 0.1) is 13.5 Å². The Kier molecular flexibility index (Phi) is 7.53. The molecule has 3 aromatic rings. The predicted molar refractivity (Wildman–Crippen MR) is 119 cm³/mol. The van der Waals surface area contributed by atoms with Crippen molar-refractivity contribution in [1.29, 1.82) is 0 Å². The van der Waals surface area contributed by atoms with Crippen LogP contribution in [0.25, 0.3) is 11.1 Å². The first-order valence-corrected chi connectivity index (χ1v) is 9.99. The second-order valence-corrected chi connectivity index (χ2v) is 6.94. The molecule has 10 heteroatoms. The number of hydrogen-bond acceptors (Lipinski definition) is 6. The number of nitrogens with one attached hydrogen (secondary N) is 3. The summed E-state index contributed by atoms with van der Waals surface area (Å²) in [5.74, 6) is -2.04. The first kappa shape index (κ1) is 23.2. The lowest BCUT2D eigenvalue weighted by Gasteiger charge is -2.11. The van der Waals surface area contributed by atoms with Crippen molar-refractivity contribution in [3.63, 3.8) is 0 Å². The third-order valence-electron chi connectivity index (χ3n) is 4.74. The van der Waals surface area contributed by atoms with Gasteiger partial charge in [0.15, 0.2) is 5.82 Å². The molecule has 0 radical (unpaired) electrons. The van der Waals surface area contributed by atoms with Gasteiger partial charge in [-0.1, -0.05) is 36.4 Å². The monoisotopic (exact) mass is 450 g/mol. The number of carboxylic acids is 1. The van der Waals surface area contributed by atoms with Gasteiger partial charge in [-0.25, -0.2) is 4.98 Å². The molecule has 0 spiro atoms. The van der Waals surface area contributed by atoms with Crippen molar-refractivity contribution in [3.05, 3.63) is 82.0 Å². The molecule has 2 amide bonds. The molecule has 0 aliphatic rings. The number of aromatic nitrogens is 2. The molecule has 0 fully saturated rings. The first-order chi connectivity index (χ1) is 15.9. The molecule has 2 aromatic carbocycles. The highest BCUT2D eigenvalue weighted by molar-refractivity contribution is 5.95. The summed E-state index contributed by atoms with van der Waals surface area (Å²) in [6.07, 6.45) is 0.740. The molecule has 10 nitrogen and oxygen atoms in total. The van der Waals surface area contributed by atoms with Crippen molar-refractivity contribution in [1.82, 2.24) is 20.6 Å². The maximum atomic E-state index is 12.5. The SMILES string of the molecule is COc1ccc(-c2ccccc2CNC(=O)c2cnc(C(=O)NCCC(=O)O)[nH]c2=O)cc1. The average Bonchev–Trinajstić information content (AvgIpc) is 2.82. The van der Waals surface area contributed by atoms with Crippen LogP contribution in [0, 0.1) is 0 Å². The number of methoxy groups -OCH3 is 1. The van der Waals surface area contributed by atoms with Crippen LogP contribution in [0.2, 0.25) is 0 Å². The van der Waals surface area contributed by atoms with E-state index in [0.717, 1.165) is 28.6 Å². The Morgan fingerprint density at radius 1 is 1.03 bits per heavy atom. The standard InChI is InChI=1S/C23H22N4O6/c1-33-16-8-6-14(7-9-16)17-5-3-2-4-15(17)12-26-21(30)18-13-25-20(27-22(18)31)23(32)24-11-10-19(28)29/h2-9,13H,10-12H2,1H3,(H,24,32)(H,26,30)(H,28,29)(H,25,27,31). The number of nitrogens with zero attached hydrogens (tertiary/aromatic N) is 1. The van der Waals surface area contributed by atoms with Crippen LogP contribution in [0.15, 0.2) is 59.5 Å². The van der Waals surface area contributed by atoms with Crippen LogP contribution in [-0.4, -0.2) is 46.5 Å². The third kappa shape index (κ3) is 6.03. The molecule has 0 bridgehead atoms.